The predicted octanol–water partition coefficient (Wildman–Crippen LogP) is 2.00. The summed E-state index contributed by atoms with van der Waals surface area (Å²) in [6.45, 7) is 5.53. The van der Waals surface area contributed by atoms with Gasteiger partial charge in [0, 0.05) is 6.04 Å². The van der Waals surface area contributed by atoms with E-state index < -0.39 is 24.5 Å². The van der Waals surface area contributed by atoms with Crippen molar-refractivity contribution in [2.24, 2.45) is 0 Å². The molecule has 1 saturated carbocycles. The maximum Gasteiger partial charge on any atom is 0.342 e. The van der Waals surface area contributed by atoms with Gasteiger partial charge in [0.1, 0.15) is 5.56 Å². The smallest absolute Gasteiger partial charge is 0.342 e. The van der Waals surface area contributed by atoms with Gasteiger partial charge in [-0.3, -0.25) is 14.8 Å². The van der Waals surface area contributed by atoms with Crippen LogP contribution in [0.1, 0.15) is 45.7 Å². The fourth-order valence-electron chi connectivity index (χ4n) is 2.83. The molecule has 0 radical (unpaired) electrons. The Morgan fingerprint density at radius 1 is 1.14 bits per heavy atom. The number of nitrogens with zero attached hydrogens (tertiary/aromatic N) is 2. The minimum absolute atomic E-state index is 0.139. The Morgan fingerprint density at radius 3 is 2.46 bits per heavy atom. The number of carbonyl (C=O) groups excluding carboxylic acids is 3. The van der Waals surface area contributed by atoms with Gasteiger partial charge in [-0.15, -0.1) is 0 Å². The van der Waals surface area contributed by atoms with Crippen LogP contribution in [0, 0.1) is 20.8 Å². The molecule has 3 rings (SSSR count). The lowest BCUT2D eigenvalue weighted by atomic mass is 10.1. The highest BCUT2D eigenvalue weighted by atomic mass is 16.5. The normalized spacial score (nSPS) is 13.1. The molecule has 0 saturated heterocycles. The summed E-state index contributed by atoms with van der Waals surface area (Å²) in [5, 5.41) is 9.19. The molecule has 0 bridgehead atoms. The van der Waals surface area contributed by atoms with Gasteiger partial charge in [0.25, 0.3) is 5.91 Å². The molecule has 1 aliphatic carbocycles. The fraction of sp³-hybridized carbons (Fsp3) is 0.400. The highest BCUT2D eigenvalue weighted by Crippen LogP contribution is 2.18. The lowest BCUT2D eigenvalue weighted by molar-refractivity contribution is -0.123. The van der Waals surface area contributed by atoms with Crippen LogP contribution in [0.15, 0.2) is 24.3 Å². The minimum Gasteiger partial charge on any atom is -0.452 e. The number of ether oxygens (including phenoxy) is 1. The molecule has 1 aromatic heterocycles. The molecule has 0 spiro atoms. The first-order valence-corrected chi connectivity index (χ1v) is 9.20. The van der Waals surface area contributed by atoms with E-state index >= 15 is 0 Å². The summed E-state index contributed by atoms with van der Waals surface area (Å²) in [5.74, 6) is -1.31. The van der Waals surface area contributed by atoms with Crippen molar-refractivity contribution in [3.63, 3.8) is 0 Å². The van der Waals surface area contributed by atoms with E-state index in [1.165, 1.54) is 5.56 Å². The second-order valence-corrected chi connectivity index (χ2v) is 7.06. The second-order valence-electron chi connectivity index (χ2n) is 7.06. The Labute approximate surface area is 163 Å². The number of nitrogens with one attached hydrogen (secondary N) is 2. The van der Waals surface area contributed by atoms with Crippen molar-refractivity contribution in [3.8, 4) is 0 Å². The van der Waals surface area contributed by atoms with E-state index in [9.17, 15) is 14.4 Å². The number of rotatable bonds is 6. The summed E-state index contributed by atoms with van der Waals surface area (Å²) >= 11 is 0. The zero-order valence-electron chi connectivity index (χ0n) is 16.2. The van der Waals surface area contributed by atoms with Crippen LogP contribution < -0.4 is 10.6 Å². The number of benzene rings is 1. The number of urea groups is 1. The van der Waals surface area contributed by atoms with Gasteiger partial charge in [-0.1, -0.05) is 29.8 Å². The van der Waals surface area contributed by atoms with Gasteiger partial charge in [-0.05, 0) is 39.2 Å². The first-order chi connectivity index (χ1) is 13.3. The lowest BCUT2D eigenvalue weighted by Gasteiger charge is -2.08. The maximum absolute atomic E-state index is 12.4. The molecule has 1 aliphatic rings. The number of hydrogen-bond donors (Lipinski definition) is 2. The summed E-state index contributed by atoms with van der Waals surface area (Å²) in [6.07, 6.45) is 1.84. The third kappa shape index (κ3) is 4.97. The van der Waals surface area contributed by atoms with Crippen LogP contribution in [0.5, 0.6) is 0 Å². The van der Waals surface area contributed by atoms with Crippen LogP contribution in [-0.4, -0.2) is 40.3 Å². The molecule has 1 heterocycles. The molecule has 28 heavy (non-hydrogen) atoms. The van der Waals surface area contributed by atoms with E-state index in [-0.39, 0.29) is 6.04 Å². The summed E-state index contributed by atoms with van der Waals surface area (Å²) in [5.41, 5.74) is 3.77. The summed E-state index contributed by atoms with van der Waals surface area (Å²) in [7, 11) is 0. The van der Waals surface area contributed by atoms with Crippen LogP contribution in [0.4, 0.5) is 4.79 Å². The summed E-state index contributed by atoms with van der Waals surface area (Å²) in [4.78, 5) is 35.7. The third-order valence-corrected chi connectivity index (χ3v) is 4.54. The largest absolute Gasteiger partial charge is 0.452 e. The zero-order chi connectivity index (χ0) is 20.3. The Kier molecular flexibility index (Phi) is 5.77. The van der Waals surface area contributed by atoms with E-state index in [0.717, 1.165) is 18.4 Å². The maximum atomic E-state index is 12.4. The number of hydrogen-bond acceptors (Lipinski definition) is 5. The van der Waals surface area contributed by atoms with Gasteiger partial charge in [-0.2, -0.15) is 5.10 Å². The average Bonchev–Trinajstić information content (AvgIpc) is 3.40. The number of carbonyl (C=O) groups is 3. The molecular formula is C20H24N4O4. The number of aryl methyl sites for hydroxylation is 2. The van der Waals surface area contributed by atoms with E-state index in [4.69, 9.17) is 4.74 Å². The van der Waals surface area contributed by atoms with Crippen molar-refractivity contribution in [1.82, 2.24) is 20.4 Å². The van der Waals surface area contributed by atoms with Gasteiger partial charge in [0.05, 0.1) is 17.9 Å². The van der Waals surface area contributed by atoms with Crippen LogP contribution in [0.2, 0.25) is 0 Å². The SMILES string of the molecule is Cc1ccc(Cn2nc(C)c(C(=O)OCC(=O)NC(=O)NC3CC3)c2C)cc1. The number of imide groups is 1. The molecular weight excluding hydrogens is 360 g/mol. The van der Waals surface area contributed by atoms with Crippen molar-refractivity contribution in [3.05, 3.63) is 52.3 Å². The molecule has 0 unspecified atom stereocenters. The van der Waals surface area contributed by atoms with E-state index in [2.05, 4.69) is 15.7 Å². The summed E-state index contributed by atoms with van der Waals surface area (Å²) < 4.78 is 6.80. The third-order valence-electron chi connectivity index (χ3n) is 4.54. The van der Waals surface area contributed by atoms with E-state index in [1.54, 1.807) is 18.5 Å². The van der Waals surface area contributed by atoms with Crippen molar-refractivity contribution in [2.45, 2.75) is 46.2 Å². The number of aromatic nitrogens is 2. The second kappa shape index (κ2) is 8.24. The van der Waals surface area contributed by atoms with Crippen molar-refractivity contribution >= 4 is 17.9 Å². The molecule has 2 aromatic rings. The van der Waals surface area contributed by atoms with Crippen molar-refractivity contribution < 1.29 is 19.1 Å². The Balaban J connectivity index is 1.58. The molecule has 148 valence electrons. The first-order valence-electron chi connectivity index (χ1n) is 9.20. The van der Waals surface area contributed by atoms with E-state index in [0.29, 0.717) is 23.5 Å². The fourth-order valence-corrected chi connectivity index (χ4v) is 2.83. The van der Waals surface area contributed by atoms with E-state index in [1.807, 2.05) is 31.2 Å². The van der Waals surface area contributed by atoms with Gasteiger partial charge in [0.2, 0.25) is 0 Å². The molecule has 1 fully saturated rings. The first kappa shape index (κ1) is 19.6. The average molecular weight is 384 g/mol. The molecule has 3 amide bonds. The van der Waals surface area contributed by atoms with Crippen LogP contribution in [0.3, 0.4) is 0 Å². The summed E-state index contributed by atoms with van der Waals surface area (Å²) in [6, 6.07) is 7.64. The molecule has 1 aromatic carbocycles. The molecule has 0 atom stereocenters. The Bertz CT molecular complexity index is 898. The standard InChI is InChI=1S/C20H24N4O4/c1-12-4-6-15(7-5-12)10-24-14(3)18(13(2)23-24)19(26)28-11-17(25)22-20(27)21-16-8-9-16/h4-7,16H,8-11H2,1-3H3,(H2,21,22,25,27). The van der Waals surface area contributed by atoms with Crippen molar-refractivity contribution in [1.29, 1.82) is 0 Å². The topological polar surface area (TPSA) is 102 Å². The van der Waals surface area contributed by atoms with Crippen molar-refractivity contribution in [2.75, 3.05) is 6.61 Å². The number of amides is 3. The monoisotopic (exact) mass is 384 g/mol. The number of esters is 1. The zero-order valence-corrected chi connectivity index (χ0v) is 16.2. The van der Waals surface area contributed by atoms with Gasteiger partial charge in [0.15, 0.2) is 6.61 Å². The molecule has 2 N–H and O–H groups in total. The Hall–Kier alpha value is -3.16. The van der Waals surface area contributed by atoms with Gasteiger partial charge in [-0.25, -0.2) is 9.59 Å². The van der Waals surface area contributed by atoms with Crippen LogP contribution in [-0.2, 0) is 16.1 Å². The minimum atomic E-state index is -0.672. The molecule has 0 aliphatic heterocycles. The van der Waals surface area contributed by atoms with Gasteiger partial charge < -0.3 is 10.1 Å². The highest BCUT2D eigenvalue weighted by molar-refractivity contribution is 5.97. The molecule has 8 heteroatoms. The highest BCUT2D eigenvalue weighted by Gasteiger charge is 2.25. The van der Waals surface area contributed by atoms with Gasteiger partial charge >= 0.3 is 12.0 Å². The lowest BCUT2D eigenvalue weighted by Crippen LogP contribution is -2.42. The van der Waals surface area contributed by atoms with Crippen LogP contribution >= 0.6 is 0 Å². The molecule has 8 nitrogen and oxygen atoms in total. The Morgan fingerprint density at radius 2 is 1.82 bits per heavy atom. The predicted molar refractivity (Wildman–Crippen MR) is 102 cm³/mol. The van der Waals surface area contributed by atoms with Crippen LogP contribution in [0.25, 0.3) is 0 Å². The quantitative estimate of drug-likeness (QED) is 0.742.